The molecule has 86 valence electrons. The van der Waals surface area contributed by atoms with Crippen molar-refractivity contribution in [3.8, 4) is 0 Å². The predicted molar refractivity (Wildman–Crippen MR) is 52.3 cm³/mol. The van der Waals surface area contributed by atoms with Gasteiger partial charge in [-0.15, -0.1) is 0 Å². The first-order valence-electron chi connectivity index (χ1n) is 4.64. The van der Waals surface area contributed by atoms with Crippen molar-refractivity contribution in [3.63, 3.8) is 0 Å². The van der Waals surface area contributed by atoms with Gasteiger partial charge in [0.05, 0.1) is 0 Å². The molecule has 0 fully saturated rings. The molecule has 6 N–H and O–H groups in total. The Balaban J connectivity index is 3.23. The summed E-state index contributed by atoms with van der Waals surface area (Å²) in [6, 6.07) is 0.568. The van der Waals surface area contributed by atoms with Crippen LogP contribution in [0.4, 0.5) is 13.2 Å². The molecule has 0 saturated carbocycles. The van der Waals surface area contributed by atoms with Gasteiger partial charge in [-0.25, -0.2) is 0 Å². The molecule has 7 heteroatoms. The number of rotatable bonds is 6. The number of hydrogen-bond donors (Lipinski definition) is 3. The molecule has 0 rings (SSSR count). The lowest BCUT2D eigenvalue weighted by atomic mass is 10.1. The fraction of sp³-hybridized carbons (Fsp3) is 1.00. The lowest BCUT2D eigenvalue weighted by molar-refractivity contribution is -0.135. The highest BCUT2D eigenvalue weighted by atomic mass is 28.4. The summed E-state index contributed by atoms with van der Waals surface area (Å²) in [4.78, 5) is 0. The van der Waals surface area contributed by atoms with Gasteiger partial charge in [-0.2, -0.15) is 13.2 Å². The summed E-state index contributed by atoms with van der Waals surface area (Å²) in [7, 11) is -2.48. The minimum atomic E-state index is -4.03. The quantitative estimate of drug-likeness (QED) is 0.474. The minimum Gasteiger partial charge on any atom is -0.327 e. The Morgan fingerprint density at radius 3 is 1.79 bits per heavy atom. The number of alkyl halides is 3. The summed E-state index contributed by atoms with van der Waals surface area (Å²) in [6.07, 6.45) is -2.55. The lowest BCUT2D eigenvalue weighted by Crippen LogP contribution is -2.64. The first-order chi connectivity index (χ1) is 6.21. The highest BCUT2D eigenvalue weighted by Gasteiger charge is 2.25. The lowest BCUT2D eigenvalue weighted by Gasteiger charge is -2.13. The molecule has 0 bridgehead atoms. The van der Waals surface area contributed by atoms with Gasteiger partial charge in [-0.05, 0) is 12.5 Å². The summed E-state index contributed by atoms with van der Waals surface area (Å²) < 4.78 is 35.1. The molecule has 0 aliphatic heterocycles. The molecule has 0 amide bonds. The second-order valence-corrected chi connectivity index (χ2v) is 6.37. The van der Waals surface area contributed by atoms with Crippen LogP contribution in [0.5, 0.6) is 0 Å². The average Bonchev–Trinajstić information content (AvgIpc) is 1.92. The van der Waals surface area contributed by atoms with Crippen molar-refractivity contribution in [1.29, 1.82) is 0 Å². The van der Waals surface area contributed by atoms with Gasteiger partial charge in [-0.3, -0.25) is 0 Å². The van der Waals surface area contributed by atoms with E-state index in [0.29, 0.717) is 12.5 Å². The van der Waals surface area contributed by atoms with Gasteiger partial charge in [0.1, 0.15) is 0 Å². The van der Waals surface area contributed by atoms with E-state index < -0.39 is 21.2 Å². The normalized spacial score (nSPS) is 13.3. The standard InChI is InChI=1S/C7H18F3N3Si/c8-7(9,10)5-3-1-2-4-6-14(11,12)13/h1-6,11-13H2. The van der Waals surface area contributed by atoms with Crippen molar-refractivity contribution >= 4 is 8.56 Å². The largest absolute Gasteiger partial charge is 0.389 e. The van der Waals surface area contributed by atoms with E-state index in [2.05, 4.69) is 0 Å². The minimum absolute atomic E-state index is 0.178. The number of nitrogens with two attached hydrogens (primary N) is 3. The molecule has 0 aromatic rings. The van der Waals surface area contributed by atoms with Gasteiger partial charge in [0.2, 0.25) is 0 Å². The Morgan fingerprint density at radius 2 is 1.36 bits per heavy atom. The second-order valence-electron chi connectivity index (χ2n) is 3.64. The van der Waals surface area contributed by atoms with Crippen LogP contribution in [0.2, 0.25) is 6.04 Å². The van der Waals surface area contributed by atoms with E-state index in [0.717, 1.165) is 12.8 Å². The topological polar surface area (TPSA) is 78.1 Å². The number of unbranched alkanes of at least 4 members (excludes halogenated alkanes) is 3. The molecule has 0 spiro atoms. The van der Waals surface area contributed by atoms with Gasteiger partial charge >= 0.3 is 6.18 Å². The third-order valence-corrected chi connectivity index (χ3v) is 3.04. The van der Waals surface area contributed by atoms with Crippen LogP contribution in [0.3, 0.4) is 0 Å². The Labute approximate surface area is 83.1 Å². The molecule has 0 aromatic heterocycles. The first-order valence-corrected chi connectivity index (χ1v) is 7.08. The van der Waals surface area contributed by atoms with E-state index in [-0.39, 0.29) is 6.42 Å². The summed E-state index contributed by atoms with van der Waals surface area (Å²) in [6.45, 7) is 0. The van der Waals surface area contributed by atoms with E-state index in [4.69, 9.17) is 16.2 Å². The molecule has 3 nitrogen and oxygen atoms in total. The first kappa shape index (κ1) is 13.9. The Hall–Kier alpha value is -0.113. The highest BCUT2D eigenvalue weighted by molar-refractivity contribution is 6.70. The molecule has 0 heterocycles. The molecule has 0 unspecified atom stereocenters. The third kappa shape index (κ3) is 11.9. The highest BCUT2D eigenvalue weighted by Crippen LogP contribution is 2.23. The molecule has 14 heavy (non-hydrogen) atoms. The SMILES string of the molecule is N[Si](N)(N)CCCCCCC(F)(F)F. The van der Waals surface area contributed by atoms with Gasteiger partial charge in [0, 0.05) is 6.42 Å². The van der Waals surface area contributed by atoms with Crippen LogP contribution in [0, 0.1) is 0 Å². The maximum absolute atomic E-state index is 11.7. The maximum atomic E-state index is 11.7. The monoisotopic (exact) mass is 229 g/mol. The van der Waals surface area contributed by atoms with Crippen LogP contribution in [-0.4, -0.2) is 14.7 Å². The van der Waals surface area contributed by atoms with Crippen molar-refractivity contribution in [1.82, 2.24) is 0 Å². The zero-order valence-corrected chi connectivity index (χ0v) is 9.11. The van der Waals surface area contributed by atoms with Crippen LogP contribution < -0.4 is 16.2 Å². The fourth-order valence-corrected chi connectivity index (χ4v) is 1.97. The number of halogens is 3. The van der Waals surface area contributed by atoms with Crippen molar-refractivity contribution in [3.05, 3.63) is 0 Å². The van der Waals surface area contributed by atoms with Crippen LogP contribution in [0.15, 0.2) is 0 Å². The van der Waals surface area contributed by atoms with Crippen molar-refractivity contribution in [2.75, 3.05) is 0 Å². The fourth-order valence-electron chi connectivity index (χ4n) is 1.11. The molecule has 0 aliphatic rings. The van der Waals surface area contributed by atoms with E-state index in [1.165, 1.54) is 0 Å². The predicted octanol–water partition coefficient (Wildman–Crippen LogP) is 1.31. The Kier molecular flexibility index (Phi) is 5.65. The van der Waals surface area contributed by atoms with Crippen LogP contribution in [0.25, 0.3) is 0 Å². The third-order valence-electron chi connectivity index (χ3n) is 1.82. The molecule has 0 saturated heterocycles. The van der Waals surface area contributed by atoms with E-state index in [9.17, 15) is 13.2 Å². The molecule has 0 aliphatic carbocycles. The molecule has 0 atom stereocenters. The van der Waals surface area contributed by atoms with Crippen LogP contribution >= 0.6 is 0 Å². The average molecular weight is 229 g/mol. The van der Waals surface area contributed by atoms with Gasteiger partial charge in [0.25, 0.3) is 8.56 Å². The van der Waals surface area contributed by atoms with Gasteiger partial charge in [0.15, 0.2) is 0 Å². The Morgan fingerprint density at radius 1 is 0.857 bits per heavy atom. The summed E-state index contributed by atoms with van der Waals surface area (Å²) in [5.41, 5.74) is 0. The van der Waals surface area contributed by atoms with Gasteiger partial charge in [-0.1, -0.05) is 19.3 Å². The van der Waals surface area contributed by atoms with Crippen molar-refractivity contribution < 1.29 is 13.2 Å². The Bertz CT molecular complexity index is 137. The molecular weight excluding hydrogens is 211 g/mol. The zero-order chi connectivity index (χ0) is 11.2. The summed E-state index contributed by atoms with van der Waals surface area (Å²) in [5, 5.41) is 16.3. The van der Waals surface area contributed by atoms with E-state index >= 15 is 0 Å². The van der Waals surface area contributed by atoms with E-state index in [1.54, 1.807) is 0 Å². The van der Waals surface area contributed by atoms with Gasteiger partial charge < -0.3 is 16.2 Å². The summed E-state index contributed by atoms with van der Waals surface area (Å²) in [5.74, 6) is 0. The van der Waals surface area contributed by atoms with Crippen molar-refractivity contribution in [2.24, 2.45) is 16.2 Å². The van der Waals surface area contributed by atoms with Crippen LogP contribution in [-0.2, 0) is 0 Å². The summed E-state index contributed by atoms with van der Waals surface area (Å²) >= 11 is 0. The second kappa shape index (κ2) is 5.69. The molecule has 0 aromatic carbocycles. The van der Waals surface area contributed by atoms with Crippen molar-refractivity contribution in [2.45, 2.75) is 44.3 Å². The van der Waals surface area contributed by atoms with E-state index in [1.807, 2.05) is 0 Å². The molecule has 0 radical (unpaired) electrons. The number of hydrogen-bond acceptors (Lipinski definition) is 3. The zero-order valence-electron chi connectivity index (χ0n) is 8.11. The van der Waals surface area contributed by atoms with Crippen LogP contribution in [0.1, 0.15) is 32.1 Å². The maximum Gasteiger partial charge on any atom is 0.389 e. The molecular formula is C7H18F3N3Si. The smallest absolute Gasteiger partial charge is 0.327 e.